The molecule has 2 rings (SSSR count). The molecule has 0 aromatic carbocycles. The zero-order valence-electron chi connectivity index (χ0n) is 11.9. The first-order chi connectivity index (χ1) is 8.72. The molecule has 1 aliphatic heterocycles. The molecule has 0 bridgehead atoms. The summed E-state index contributed by atoms with van der Waals surface area (Å²) in [5, 5.41) is 6.32. The maximum absolute atomic E-state index is 12.2. The Morgan fingerprint density at radius 1 is 1.21 bits per heavy atom. The molecule has 1 unspecified atom stereocenters. The highest BCUT2D eigenvalue weighted by atomic mass is 32.2. The molecule has 1 amide bonds. The van der Waals surface area contributed by atoms with Crippen molar-refractivity contribution in [3.63, 3.8) is 0 Å². The van der Waals surface area contributed by atoms with E-state index in [4.69, 9.17) is 0 Å². The monoisotopic (exact) mass is 288 g/mol. The van der Waals surface area contributed by atoms with Crippen LogP contribution in [0.2, 0.25) is 0 Å². The van der Waals surface area contributed by atoms with Crippen LogP contribution in [0.4, 0.5) is 0 Å². The molecule has 19 heavy (non-hydrogen) atoms. The van der Waals surface area contributed by atoms with Crippen LogP contribution in [0.1, 0.15) is 33.1 Å². The van der Waals surface area contributed by atoms with Gasteiger partial charge in [-0.15, -0.1) is 0 Å². The highest BCUT2D eigenvalue weighted by Crippen LogP contribution is 2.32. The quantitative estimate of drug-likeness (QED) is 0.784. The van der Waals surface area contributed by atoms with Crippen molar-refractivity contribution >= 4 is 15.7 Å². The molecule has 5 nitrogen and oxygen atoms in total. The number of carbonyl (C=O) groups is 1. The van der Waals surface area contributed by atoms with Gasteiger partial charge in [-0.1, -0.05) is 0 Å². The molecule has 1 aliphatic carbocycles. The fraction of sp³-hybridized carbons (Fsp3) is 0.923. The third-order valence-electron chi connectivity index (χ3n) is 4.76. The van der Waals surface area contributed by atoms with E-state index in [1.54, 1.807) is 0 Å². The summed E-state index contributed by atoms with van der Waals surface area (Å²) in [5.41, 5.74) is 0. The Morgan fingerprint density at radius 3 is 2.47 bits per heavy atom. The molecular weight excluding hydrogens is 264 g/mol. The summed E-state index contributed by atoms with van der Waals surface area (Å²) in [6, 6.07) is 0.120. The summed E-state index contributed by atoms with van der Waals surface area (Å²) in [6.45, 7) is 5.05. The molecule has 2 aliphatic rings. The molecule has 1 heterocycles. The molecule has 1 saturated heterocycles. The summed E-state index contributed by atoms with van der Waals surface area (Å²) in [5.74, 6) is 0.987. The molecule has 3 atom stereocenters. The SMILES string of the molecule is CC(C)(C(=O)NC1CC[C@H]2CNC[C@H]2C1)S(C)(=O)=O. The van der Waals surface area contributed by atoms with Gasteiger partial charge in [-0.3, -0.25) is 4.79 Å². The Morgan fingerprint density at radius 2 is 1.84 bits per heavy atom. The van der Waals surface area contributed by atoms with Crippen molar-refractivity contribution in [3.8, 4) is 0 Å². The van der Waals surface area contributed by atoms with Crippen LogP contribution < -0.4 is 10.6 Å². The summed E-state index contributed by atoms with van der Waals surface area (Å²) in [6.07, 6.45) is 4.14. The van der Waals surface area contributed by atoms with Crippen molar-refractivity contribution in [2.24, 2.45) is 11.8 Å². The van der Waals surface area contributed by atoms with Gasteiger partial charge in [0.25, 0.3) is 0 Å². The van der Waals surface area contributed by atoms with Crippen LogP contribution >= 0.6 is 0 Å². The Labute approximate surface area is 115 Å². The van der Waals surface area contributed by atoms with E-state index in [1.165, 1.54) is 13.8 Å². The molecule has 0 aromatic rings. The Bertz CT molecular complexity index is 459. The molecule has 1 saturated carbocycles. The molecule has 6 heteroatoms. The molecule has 2 fully saturated rings. The Kier molecular flexibility index (Phi) is 3.93. The van der Waals surface area contributed by atoms with E-state index < -0.39 is 14.6 Å². The van der Waals surface area contributed by atoms with Crippen LogP contribution in [-0.2, 0) is 14.6 Å². The molecule has 0 aromatic heterocycles. The van der Waals surface area contributed by atoms with E-state index in [0.29, 0.717) is 5.92 Å². The largest absolute Gasteiger partial charge is 0.352 e. The van der Waals surface area contributed by atoms with Crippen LogP contribution in [-0.4, -0.2) is 44.5 Å². The first kappa shape index (κ1) is 14.8. The topological polar surface area (TPSA) is 75.3 Å². The van der Waals surface area contributed by atoms with Crippen molar-refractivity contribution in [1.29, 1.82) is 0 Å². The van der Waals surface area contributed by atoms with Gasteiger partial charge in [-0.25, -0.2) is 8.42 Å². The number of sulfone groups is 1. The number of nitrogens with one attached hydrogen (secondary N) is 2. The van der Waals surface area contributed by atoms with Crippen molar-refractivity contribution in [2.75, 3.05) is 19.3 Å². The van der Waals surface area contributed by atoms with E-state index in [-0.39, 0.29) is 11.9 Å². The van der Waals surface area contributed by atoms with Crippen molar-refractivity contribution in [3.05, 3.63) is 0 Å². The van der Waals surface area contributed by atoms with Gasteiger partial charge < -0.3 is 10.6 Å². The van der Waals surface area contributed by atoms with Gasteiger partial charge in [0.15, 0.2) is 9.84 Å². The minimum absolute atomic E-state index is 0.120. The summed E-state index contributed by atoms with van der Waals surface area (Å²) < 4.78 is 21.9. The summed E-state index contributed by atoms with van der Waals surface area (Å²) in [4.78, 5) is 12.2. The smallest absolute Gasteiger partial charge is 0.241 e. The summed E-state index contributed by atoms with van der Waals surface area (Å²) in [7, 11) is -3.39. The second-order valence-electron chi connectivity index (χ2n) is 6.44. The fourth-order valence-corrected chi connectivity index (χ4v) is 3.35. The minimum atomic E-state index is -3.39. The molecule has 2 N–H and O–H groups in total. The Balaban J connectivity index is 1.96. The minimum Gasteiger partial charge on any atom is -0.352 e. The number of hydrogen-bond acceptors (Lipinski definition) is 4. The van der Waals surface area contributed by atoms with E-state index in [1.807, 2.05) is 0 Å². The number of fused-ring (bicyclic) bond motifs is 1. The predicted molar refractivity (Wildman–Crippen MR) is 74.6 cm³/mol. The lowest BCUT2D eigenvalue weighted by Gasteiger charge is -2.33. The van der Waals surface area contributed by atoms with Crippen LogP contribution in [0.15, 0.2) is 0 Å². The van der Waals surface area contributed by atoms with E-state index in [2.05, 4.69) is 10.6 Å². The lowest BCUT2D eigenvalue weighted by atomic mass is 9.79. The number of carbonyl (C=O) groups excluding carboxylic acids is 1. The number of amides is 1. The maximum Gasteiger partial charge on any atom is 0.241 e. The summed E-state index contributed by atoms with van der Waals surface area (Å²) >= 11 is 0. The van der Waals surface area contributed by atoms with Gasteiger partial charge in [0, 0.05) is 12.3 Å². The predicted octanol–water partition coefficient (Wildman–Crippen LogP) is 0.314. The number of rotatable bonds is 3. The van der Waals surface area contributed by atoms with Gasteiger partial charge in [0.05, 0.1) is 0 Å². The Hall–Kier alpha value is -0.620. The zero-order valence-corrected chi connectivity index (χ0v) is 12.7. The second-order valence-corrected chi connectivity index (χ2v) is 9.01. The second kappa shape index (κ2) is 5.05. The first-order valence-corrected chi connectivity index (χ1v) is 8.82. The van der Waals surface area contributed by atoms with Crippen molar-refractivity contribution in [2.45, 2.75) is 43.9 Å². The van der Waals surface area contributed by atoms with E-state index >= 15 is 0 Å². The molecule has 110 valence electrons. The average molecular weight is 288 g/mol. The third-order valence-corrected chi connectivity index (χ3v) is 6.80. The van der Waals surface area contributed by atoms with Crippen molar-refractivity contribution < 1.29 is 13.2 Å². The number of hydrogen-bond donors (Lipinski definition) is 2. The maximum atomic E-state index is 12.2. The average Bonchev–Trinajstić information content (AvgIpc) is 2.74. The van der Waals surface area contributed by atoms with Crippen molar-refractivity contribution in [1.82, 2.24) is 10.6 Å². The lowest BCUT2D eigenvalue weighted by Crippen LogP contribution is -2.52. The van der Waals surface area contributed by atoms with E-state index in [0.717, 1.165) is 44.5 Å². The molecule has 0 spiro atoms. The molecule has 0 radical (unpaired) electrons. The van der Waals surface area contributed by atoms with Gasteiger partial charge >= 0.3 is 0 Å². The highest BCUT2D eigenvalue weighted by molar-refractivity contribution is 7.92. The first-order valence-electron chi connectivity index (χ1n) is 6.93. The van der Waals surface area contributed by atoms with Gasteiger partial charge in [0.2, 0.25) is 5.91 Å². The van der Waals surface area contributed by atoms with Crippen LogP contribution in [0.25, 0.3) is 0 Å². The van der Waals surface area contributed by atoms with Crippen LogP contribution in [0.5, 0.6) is 0 Å². The standard InChI is InChI=1S/C13H24N2O3S/c1-13(2,19(3,17)18)12(16)15-11-5-4-9-7-14-8-10(9)6-11/h9-11,14H,4-8H2,1-3H3,(H,15,16)/t9-,10+,11?/m0/s1. The van der Waals surface area contributed by atoms with Gasteiger partial charge in [-0.05, 0) is 58.0 Å². The third kappa shape index (κ3) is 2.94. The van der Waals surface area contributed by atoms with Crippen LogP contribution in [0, 0.1) is 11.8 Å². The fourth-order valence-electron chi connectivity index (χ4n) is 2.96. The highest BCUT2D eigenvalue weighted by Gasteiger charge is 2.41. The van der Waals surface area contributed by atoms with Gasteiger partial charge in [-0.2, -0.15) is 0 Å². The zero-order chi connectivity index (χ0) is 14.3. The van der Waals surface area contributed by atoms with Crippen LogP contribution in [0.3, 0.4) is 0 Å². The van der Waals surface area contributed by atoms with E-state index in [9.17, 15) is 13.2 Å². The van der Waals surface area contributed by atoms with Gasteiger partial charge in [0.1, 0.15) is 4.75 Å². The normalized spacial score (nSPS) is 31.8. The molecular formula is C13H24N2O3S. The lowest BCUT2D eigenvalue weighted by molar-refractivity contribution is -0.123.